The number of pyridine rings is 1. The van der Waals surface area contributed by atoms with E-state index in [1.165, 1.54) is 5.56 Å². The molecule has 0 aliphatic rings. The van der Waals surface area contributed by atoms with Gasteiger partial charge in [-0.05, 0) is 41.4 Å². The summed E-state index contributed by atoms with van der Waals surface area (Å²) in [7, 11) is 0. The molecule has 88 valence electrons. The van der Waals surface area contributed by atoms with Crippen LogP contribution in [0.3, 0.4) is 0 Å². The Balaban J connectivity index is 2.06. The van der Waals surface area contributed by atoms with Crippen LogP contribution >= 0.6 is 23.6 Å². The molecule has 2 aromatic rings. The van der Waals surface area contributed by atoms with Crippen molar-refractivity contribution < 1.29 is 0 Å². The molecule has 0 saturated heterocycles. The van der Waals surface area contributed by atoms with Gasteiger partial charge >= 0.3 is 0 Å². The van der Waals surface area contributed by atoms with Crippen molar-refractivity contribution in [3.8, 4) is 0 Å². The maximum atomic E-state index is 5.49. The zero-order valence-corrected chi connectivity index (χ0v) is 11.0. The minimum atomic E-state index is 0.263. The molecule has 0 amide bonds. The number of aromatic nitrogens is 1. The van der Waals surface area contributed by atoms with Gasteiger partial charge in [-0.1, -0.05) is 12.2 Å². The summed E-state index contributed by atoms with van der Waals surface area (Å²) in [6.45, 7) is 2.11. The van der Waals surface area contributed by atoms with E-state index in [1.54, 1.807) is 17.5 Å². The van der Waals surface area contributed by atoms with Crippen LogP contribution in [0.5, 0.6) is 0 Å². The van der Waals surface area contributed by atoms with Crippen molar-refractivity contribution in [3.63, 3.8) is 0 Å². The first-order valence-electron chi connectivity index (χ1n) is 5.21. The molecule has 2 rings (SSSR count). The highest BCUT2D eigenvalue weighted by Gasteiger charge is 2.06. The van der Waals surface area contributed by atoms with Gasteiger partial charge in [-0.15, -0.1) is 0 Å². The molecule has 0 radical (unpaired) electrons. The Morgan fingerprint density at radius 3 is 2.82 bits per heavy atom. The van der Waals surface area contributed by atoms with Gasteiger partial charge < -0.3 is 11.1 Å². The van der Waals surface area contributed by atoms with Gasteiger partial charge in [0, 0.05) is 6.04 Å². The Hall–Kier alpha value is -1.46. The molecule has 5 heteroatoms. The lowest BCUT2D eigenvalue weighted by molar-refractivity contribution is 0.888. The molecule has 1 unspecified atom stereocenters. The minimum Gasteiger partial charge on any atom is -0.388 e. The largest absolute Gasteiger partial charge is 0.388 e. The lowest BCUT2D eigenvalue weighted by atomic mass is 10.2. The van der Waals surface area contributed by atoms with E-state index >= 15 is 0 Å². The zero-order chi connectivity index (χ0) is 12.3. The number of thiophene rings is 1. The third-order valence-electron chi connectivity index (χ3n) is 2.44. The monoisotopic (exact) mass is 263 g/mol. The maximum Gasteiger partial charge on any atom is 0.122 e. The van der Waals surface area contributed by atoms with E-state index in [-0.39, 0.29) is 6.04 Å². The van der Waals surface area contributed by atoms with E-state index in [0.717, 1.165) is 5.69 Å². The second-order valence-corrected chi connectivity index (χ2v) is 4.94. The molecule has 0 bridgehead atoms. The molecule has 2 aromatic heterocycles. The van der Waals surface area contributed by atoms with Gasteiger partial charge in [-0.2, -0.15) is 11.3 Å². The zero-order valence-electron chi connectivity index (χ0n) is 9.38. The first kappa shape index (κ1) is 12.0. The van der Waals surface area contributed by atoms with Crippen molar-refractivity contribution in [1.29, 1.82) is 0 Å². The van der Waals surface area contributed by atoms with E-state index in [2.05, 4.69) is 34.1 Å². The van der Waals surface area contributed by atoms with Crippen molar-refractivity contribution in [2.24, 2.45) is 5.73 Å². The van der Waals surface area contributed by atoms with Crippen LogP contribution in [-0.2, 0) is 0 Å². The highest BCUT2D eigenvalue weighted by Crippen LogP contribution is 2.20. The molecular weight excluding hydrogens is 250 g/mol. The van der Waals surface area contributed by atoms with Crippen LogP contribution in [0.2, 0.25) is 0 Å². The fraction of sp³-hybridized carbons (Fsp3) is 0.167. The normalized spacial score (nSPS) is 12.1. The number of nitrogens with two attached hydrogens (primary N) is 1. The second-order valence-electron chi connectivity index (χ2n) is 3.72. The first-order valence-corrected chi connectivity index (χ1v) is 6.56. The molecule has 0 spiro atoms. The van der Waals surface area contributed by atoms with Gasteiger partial charge in [0.1, 0.15) is 4.99 Å². The van der Waals surface area contributed by atoms with E-state index in [1.807, 2.05) is 12.1 Å². The van der Waals surface area contributed by atoms with E-state index in [9.17, 15) is 0 Å². The third kappa shape index (κ3) is 3.01. The Kier molecular flexibility index (Phi) is 3.71. The van der Waals surface area contributed by atoms with E-state index in [0.29, 0.717) is 10.7 Å². The van der Waals surface area contributed by atoms with Gasteiger partial charge in [-0.25, -0.2) is 0 Å². The number of hydrogen-bond acceptors (Lipinski definition) is 4. The first-order chi connectivity index (χ1) is 8.16. The average Bonchev–Trinajstić information content (AvgIpc) is 2.83. The molecule has 17 heavy (non-hydrogen) atoms. The molecular formula is C12H13N3S2. The summed E-state index contributed by atoms with van der Waals surface area (Å²) in [5.74, 6) is 0. The number of nitrogens with zero attached hydrogens (tertiary/aromatic N) is 1. The van der Waals surface area contributed by atoms with Crippen LogP contribution in [0.25, 0.3) is 0 Å². The smallest absolute Gasteiger partial charge is 0.122 e. The molecule has 3 nitrogen and oxygen atoms in total. The summed E-state index contributed by atoms with van der Waals surface area (Å²) >= 11 is 6.55. The minimum absolute atomic E-state index is 0.263. The van der Waals surface area contributed by atoms with Gasteiger partial charge in [-0.3, -0.25) is 4.98 Å². The van der Waals surface area contributed by atoms with Crippen LogP contribution in [0, 0.1) is 0 Å². The number of anilines is 1. The number of nitrogens with one attached hydrogen (secondary N) is 1. The Labute approximate surface area is 110 Å². The number of hydrogen-bond donors (Lipinski definition) is 2. The topological polar surface area (TPSA) is 50.9 Å². The van der Waals surface area contributed by atoms with E-state index < -0.39 is 0 Å². The predicted octanol–water partition coefficient (Wildman–Crippen LogP) is 2.95. The molecule has 0 fully saturated rings. The standard InChI is InChI=1S/C12H13N3S2/c1-8(9-4-5-17-7-9)15-10-2-3-11(12(13)16)14-6-10/h2-8,15H,1H3,(H2,13,16). The quantitative estimate of drug-likeness (QED) is 0.833. The molecule has 0 aliphatic carbocycles. The molecule has 3 N–H and O–H groups in total. The van der Waals surface area contributed by atoms with Crippen LogP contribution in [-0.4, -0.2) is 9.97 Å². The van der Waals surface area contributed by atoms with E-state index in [4.69, 9.17) is 18.0 Å². The summed E-state index contributed by atoms with van der Waals surface area (Å²) in [5, 5.41) is 7.58. The molecule has 1 atom stereocenters. The Morgan fingerprint density at radius 1 is 1.47 bits per heavy atom. The van der Waals surface area contributed by atoms with Gasteiger partial charge in [0.05, 0.1) is 17.6 Å². The fourth-order valence-corrected chi connectivity index (χ4v) is 2.35. The number of rotatable bonds is 4. The summed E-state index contributed by atoms with van der Waals surface area (Å²) in [6, 6.07) is 6.13. The summed E-state index contributed by atoms with van der Waals surface area (Å²) in [6.07, 6.45) is 1.75. The second kappa shape index (κ2) is 5.25. The lowest BCUT2D eigenvalue weighted by Gasteiger charge is -2.13. The van der Waals surface area contributed by atoms with Crippen molar-refractivity contribution in [2.45, 2.75) is 13.0 Å². The van der Waals surface area contributed by atoms with Crippen molar-refractivity contribution in [2.75, 3.05) is 5.32 Å². The van der Waals surface area contributed by atoms with Crippen molar-refractivity contribution in [1.82, 2.24) is 4.98 Å². The predicted molar refractivity (Wildman–Crippen MR) is 76.5 cm³/mol. The maximum absolute atomic E-state index is 5.49. The Bertz CT molecular complexity index is 491. The summed E-state index contributed by atoms with van der Waals surface area (Å²) in [5.41, 5.74) is 8.37. The fourth-order valence-electron chi connectivity index (χ4n) is 1.48. The Morgan fingerprint density at radius 2 is 2.29 bits per heavy atom. The summed E-state index contributed by atoms with van der Waals surface area (Å²) < 4.78 is 0. The van der Waals surface area contributed by atoms with Gasteiger partial charge in [0.25, 0.3) is 0 Å². The lowest BCUT2D eigenvalue weighted by Crippen LogP contribution is -2.12. The molecule has 2 heterocycles. The molecule has 0 saturated carbocycles. The molecule has 0 aromatic carbocycles. The summed E-state index contributed by atoms with van der Waals surface area (Å²) in [4.78, 5) is 4.51. The van der Waals surface area contributed by atoms with Gasteiger partial charge in [0.15, 0.2) is 0 Å². The van der Waals surface area contributed by atoms with Crippen LogP contribution in [0.1, 0.15) is 24.2 Å². The van der Waals surface area contributed by atoms with Crippen molar-refractivity contribution in [3.05, 3.63) is 46.4 Å². The van der Waals surface area contributed by atoms with Crippen LogP contribution < -0.4 is 11.1 Å². The highest BCUT2D eigenvalue weighted by molar-refractivity contribution is 7.80. The SMILES string of the molecule is CC(Nc1ccc(C(N)=S)nc1)c1ccsc1. The average molecular weight is 263 g/mol. The molecule has 0 aliphatic heterocycles. The van der Waals surface area contributed by atoms with Gasteiger partial charge in [0.2, 0.25) is 0 Å². The highest BCUT2D eigenvalue weighted by atomic mass is 32.1. The van der Waals surface area contributed by atoms with Crippen LogP contribution in [0.15, 0.2) is 35.2 Å². The van der Waals surface area contributed by atoms with Crippen molar-refractivity contribution >= 4 is 34.2 Å². The number of thiocarbonyl (C=S) groups is 1. The third-order valence-corrected chi connectivity index (χ3v) is 3.35. The van der Waals surface area contributed by atoms with Crippen LogP contribution in [0.4, 0.5) is 5.69 Å².